The summed E-state index contributed by atoms with van der Waals surface area (Å²) >= 11 is 1.14. The van der Waals surface area contributed by atoms with E-state index in [0.717, 1.165) is 30.1 Å². The van der Waals surface area contributed by atoms with Crippen LogP contribution in [0.3, 0.4) is 0 Å². The van der Waals surface area contributed by atoms with E-state index in [4.69, 9.17) is 0 Å². The SMILES string of the molecule is O=C(NCc1csc(=O)[nH]1)[C@H](C1CC1)N1CCCC1. The minimum Gasteiger partial charge on any atom is -0.349 e. The summed E-state index contributed by atoms with van der Waals surface area (Å²) in [5, 5.41) is 4.73. The summed E-state index contributed by atoms with van der Waals surface area (Å²) in [7, 11) is 0. The Hall–Kier alpha value is -1.14. The lowest BCUT2D eigenvalue weighted by Crippen LogP contribution is -2.47. The zero-order chi connectivity index (χ0) is 13.2. The molecule has 2 N–H and O–H groups in total. The first kappa shape index (κ1) is 12.9. The third kappa shape index (κ3) is 3.06. The van der Waals surface area contributed by atoms with Gasteiger partial charge in [-0.3, -0.25) is 14.5 Å². The number of likely N-dealkylation sites (tertiary alicyclic amines) is 1. The highest BCUT2D eigenvalue weighted by Gasteiger charge is 2.40. The second kappa shape index (κ2) is 5.46. The van der Waals surface area contributed by atoms with Crippen LogP contribution in [0.5, 0.6) is 0 Å². The van der Waals surface area contributed by atoms with Crippen molar-refractivity contribution in [2.45, 2.75) is 38.3 Å². The molecular weight excluding hydrogens is 262 g/mol. The Kier molecular flexibility index (Phi) is 3.70. The van der Waals surface area contributed by atoms with Crippen LogP contribution in [0.1, 0.15) is 31.4 Å². The molecule has 1 aromatic rings. The molecular formula is C13H19N3O2S. The van der Waals surface area contributed by atoms with Crippen molar-refractivity contribution in [3.8, 4) is 0 Å². The number of thiazole rings is 1. The van der Waals surface area contributed by atoms with Crippen LogP contribution >= 0.6 is 11.3 Å². The van der Waals surface area contributed by atoms with E-state index >= 15 is 0 Å². The topological polar surface area (TPSA) is 65.2 Å². The maximum absolute atomic E-state index is 12.4. The number of rotatable bonds is 5. The van der Waals surface area contributed by atoms with Crippen LogP contribution in [0.15, 0.2) is 10.2 Å². The number of carbonyl (C=O) groups is 1. The quantitative estimate of drug-likeness (QED) is 0.844. The maximum Gasteiger partial charge on any atom is 0.304 e. The molecule has 0 radical (unpaired) electrons. The smallest absolute Gasteiger partial charge is 0.304 e. The molecule has 1 saturated heterocycles. The fourth-order valence-electron chi connectivity index (χ4n) is 2.80. The molecule has 2 aliphatic rings. The van der Waals surface area contributed by atoms with Gasteiger partial charge in [0, 0.05) is 11.1 Å². The van der Waals surface area contributed by atoms with E-state index in [9.17, 15) is 9.59 Å². The van der Waals surface area contributed by atoms with E-state index < -0.39 is 0 Å². The Morgan fingerprint density at radius 1 is 1.47 bits per heavy atom. The Bertz CT molecular complexity index is 500. The highest BCUT2D eigenvalue weighted by atomic mass is 32.1. The lowest BCUT2D eigenvalue weighted by atomic mass is 10.1. The first-order valence-electron chi connectivity index (χ1n) is 6.92. The van der Waals surface area contributed by atoms with Gasteiger partial charge in [0.1, 0.15) is 0 Å². The minimum absolute atomic E-state index is 0.0489. The van der Waals surface area contributed by atoms with E-state index in [1.165, 1.54) is 25.7 Å². The molecule has 1 aliphatic carbocycles. The summed E-state index contributed by atoms with van der Waals surface area (Å²) in [6.45, 7) is 2.52. The van der Waals surface area contributed by atoms with Gasteiger partial charge in [-0.1, -0.05) is 11.3 Å². The van der Waals surface area contributed by atoms with Crippen molar-refractivity contribution >= 4 is 17.2 Å². The third-order valence-electron chi connectivity index (χ3n) is 3.90. The Morgan fingerprint density at radius 3 is 2.79 bits per heavy atom. The number of aromatic nitrogens is 1. The summed E-state index contributed by atoms with van der Waals surface area (Å²) < 4.78 is 0. The lowest BCUT2D eigenvalue weighted by Gasteiger charge is -2.26. The molecule has 1 amide bonds. The van der Waals surface area contributed by atoms with Gasteiger partial charge in [-0.05, 0) is 44.7 Å². The number of hydrogen-bond donors (Lipinski definition) is 2. The Balaban J connectivity index is 1.59. The average molecular weight is 281 g/mol. The predicted molar refractivity (Wildman–Crippen MR) is 74.1 cm³/mol. The molecule has 5 nitrogen and oxygen atoms in total. The predicted octanol–water partition coefficient (Wildman–Crippen LogP) is 0.927. The van der Waals surface area contributed by atoms with Gasteiger partial charge in [0.25, 0.3) is 0 Å². The molecule has 2 fully saturated rings. The molecule has 3 rings (SSSR count). The highest BCUT2D eigenvalue weighted by molar-refractivity contribution is 7.07. The van der Waals surface area contributed by atoms with Crippen LogP contribution in [0.2, 0.25) is 0 Å². The lowest BCUT2D eigenvalue weighted by molar-refractivity contribution is -0.127. The van der Waals surface area contributed by atoms with Gasteiger partial charge in [-0.15, -0.1) is 0 Å². The molecule has 0 spiro atoms. The van der Waals surface area contributed by atoms with Crippen LogP contribution in [-0.2, 0) is 11.3 Å². The standard InChI is InChI=1S/C13H19N3O2S/c17-12(14-7-10-8-19-13(18)15-10)11(9-3-4-9)16-5-1-2-6-16/h8-9,11H,1-7H2,(H,14,17)(H,15,18)/t11-/m0/s1. The van der Waals surface area contributed by atoms with Gasteiger partial charge >= 0.3 is 4.87 Å². The van der Waals surface area contributed by atoms with Crippen LogP contribution in [0.25, 0.3) is 0 Å². The van der Waals surface area contributed by atoms with Crippen molar-refractivity contribution in [1.29, 1.82) is 0 Å². The maximum atomic E-state index is 12.4. The minimum atomic E-state index is -0.0671. The number of nitrogens with zero attached hydrogens (tertiary/aromatic N) is 1. The third-order valence-corrected chi connectivity index (χ3v) is 4.61. The zero-order valence-corrected chi connectivity index (χ0v) is 11.7. The molecule has 2 heterocycles. The van der Waals surface area contributed by atoms with Gasteiger partial charge < -0.3 is 10.3 Å². The second-order valence-electron chi connectivity index (χ2n) is 5.42. The number of amides is 1. The first-order chi connectivity index (χ1) is 9.24. The van der Waals surface area contributed by atoms with Crippen molar-refractivity contribution in [3.63, 3.8) is 0 Å². The van der Waals surface area contributed by atoms with E-state index in [1.54, 1.807) is 5.38 Å². The summed E-state index contributed by atoms with van der Waals surface area (Å²) in [6.07, 6.45) is 4.75. The van der Waals surface area contributed by atoms with Crippen molar-refractivity contribution in [1.82, 2.24) is 15.2 Å². The van der Waals surface area contributed by atoms with E-state index in [0.29, 0.717) is 12.5 Å². The number of H-pyrrole nitrogens is 1. The molecule has 0 bridgehead atoms. The van der Waals surface area contributed by atoms with Crippen LogP contribution in [0, 0.1) is 5.92 Å². The molecule has 104 valence electrons. The Morgan fingerprint density at radius 2 is 2.21 bits per heavy atom. The number of hydrogen-bond acceptors (Lipinski definition) is 4. The van der Waals surface area contributed by atoms with Crippen LogP contribution < -0.4 is 10.2 Å². The van der Waals surface area contributed by atoms with E-state index in [1.807, 2.05) is 0 Å². The molecule has 1 aromatic heterocycles. The van der Waals surface area contributed by atoms with Crippen molar-refractivity contribution in [3.05, 3.63) is 20.7 Å². The van der Waals surface area contributed by atoms with E-state index in [2.05, 4.69) is 15.2 Å². The summed E-state index contributed by atoms with van der Waals surface area (Å²) in [5.41, 5.74) is 0.791. The molecule has 19 heavy (non-hydrogen) atoms. The van der Waals surface area contributed by atoms with Crippen molar-refractivity contribution in [2.24, 2.45) is 5.92 Å². The fraction of sp³-hybridized carbons (Fsp3) is 0.692. The largest absolute Gasteiger partial charge is 0.349 e. The monoisotopic (exact) mass is 281 g/mol. The van der Waals surface area contributed by atoms with Gasteiger partial charge in [-0.25, -0.2) is 0 Å². The van der Waals surface area contributed by atoms with Gasteiger partial charge in [-0.2, -0.15) is 0 Å². The van der Waals surface area contributed by atoms with Crippen molar-refractivity contribution in [2.75, 3.05) is 13.1 Å². The summed E-state index contributed by atoms with van der Waals surface area (Å²) in [6, 6.07) is 0.0489. The number of carbonyl (C=O) groups excluding carboxylic acids is 1. The highest BCUT2D eigenvalue weighted by Crippen LogP contribution is 2.36. The van der Waals surface area contributed by atoms with Gasteiger partial charge in [0.05, 0.1) is 12.6 Å². The number of aromatic amines is 1. The second-order valence-corrected chi connectivity index (χ2v) is 6.26. The zero-order valence-electron chi connectivity index (χ0n) is 10.9. The van der Waals surface area contributed by atoms with E-state index in [-0.39, 0.29) is 16.8 Å². The summed E-state index contributed by atoms with van der Waals surface area (Å²) in [5.74, 6) is 0.663. The molecule has 1 saturated carbocycles. The van der Waals surface area contributed by atoms with Gasteiger partial charge in [0.15, 0.2) is 0 Å². The van der Waals surface area contributed by atoms with Crippen molar-refractivity contribution < 1.29 is 4.79 Å². The molecule has 0 aromatic carbocycles. The molecule has 1 aliphatic heterocycles. The number of nitrogens with one attached hydrogen (secondary N) is 2. The van der Waals surface area contributed by atoms with Gasteiger partial charge in [0.2, 0.25) is 5.91 Å². The molecule has 0 unspecified atom stereocenters. The summed E-state index contributed by atoms with van der Waals surface area (Å²) in [4.78, 5) is 28.4. The Labute approximate surface area is 116 Å². The molecule has 6 heteroatoms. The average Bonchev–Trinajstić information content (AvgIpc) is 2.89. The first-order valence-corrected chi connectivity index (χ1v) is 7.80. The normalized spacial score (nSPS) is 21.5. The van der Waals surface area contributed by atoms with Crippen LogP contribution in [0.4, 0.5) is 0 Å². The molecule has 1 atom stereocenters. The fourth-order valence-corrected chi connectivity index (χ4v) is 3.38. The van der Waals surface area contributed by atoms with Crippen LogP contribution in [-0.4, -0.2) is 34.9 Å².